The zero-order valence-electron chi connectivity index (χ0n) is 9.47. The second-order valence-electron chi connectivity index (χ2n) is 4.49. The van der Waals surface area contributed by atoms with E-state index in [2.05, 4.69) is 5.32 Å². The van der Waals surface area contributed by atoms with Crippen LogP contribution < -0.4 is 5.32 Å². The highest BCUT2D eigenvalue weighted by atomic mass is 35.5. The molecule has 1 unspecified atom stereocenters. The van der Waals surface area contributed by atoms with Gasteiger partial charge in [-0.3, -0.25) is 0 Å². The van der Waals surface area contributed by atoms with Gasteiger partial charge in [-0.05, 0) is 44.4 Å². The normalized spacial score (nSPS) is 18.2. The van der Waals surface area contributed by atoms with Gasteiger partial charge in [0, 0.05) is 16.6 Å². The smallest absolute Gasteiger partial charge is 0.127 e. The van der Waals surface area contributed by atoms with Crippen molar-refractivity contribution in [3.8, 4) is 0 Å². The molecule has 0 amide bonds. The second-order valence-corrected chi connectivity index (χ2v) is 4.90. The molecule has 88 valence electrons. The lowest BCUT2D eigenvalue weighted by atomic mass is 9.77. The standard InChI is InChI=1S/C13H17ClFN/c1-16-13(9-4-2-5-9)8-10-11(14)6-3-7-12(10)15/h3,6-7,9,13,16H,2,4-5,8H2,1H3. The fraction of sp³-hybridized carbons (Fsp3) is 0.538. The Balaban J connectivity index is 2.11. The van der Waals surface area contributed by atoms with E-state index in [0.29, 0.717) is 29.0 Å². The van der Waals surface area contributed by atoms with E-state index < -0.39 is 0 Å². The Morgan fingerprint density at radius 2 is 2.25 bits per heavy atom. The molecule has 1 nitrogen and oxygen atoms in total. The predicted molar refractivity (Wildman–Crippen MR) is 65.3 cm³/mol. The summed E-state index contributed by atoms with van der Waals surface area (Å²) in [6.45, 7) is 0. The zero-order chi connectivity index (χ0) is 11.5. The van der Waals surface area contributed by atoms with Gasteiger partial charge in [-0.2, -0.15) is 0 Å². The minimum Gasteiger partial charge on any atom is -0.316 e. The summed E-state index contributed by atoms with van der Waals surface area (Å²) >= 11 is 6.03. The van der Waals surface area contributed by atoms with Gasteiger partial charge in [0.25, 0.3) is 0 Å². The summed E-state index contributed by atoms with van der Waals surface area (Å²) in [6, 6.07) is 5.24. The molecule has 1 atom stereocenters. The molecule has 0 aromatic heterocycles. The fourth-order valence-corrected chi connectivity index (χ4v) is 2.53. The molecule has 3 heteroatoms. The summed E-state index contributed by atoms with van der Waals surface area (Å²) in [4.78, 5) is 0. The Hall–Kier alpha value is -0.600. The highest BCUT2D eigenvalue weighted by Crippen LogP contribution is 2.32. The maximum atomic E-state index is 13.6. The molecule has 1 aromatic rings. The number of benzene rings is 1. The van der Waals surface area contributed by atoms with Crippen molar-refractivity contribution in [2.45, 2.75) is 31.7 Å². The van der Waals surface area contributed by atoms with Crippen LogP contribution in [0.5, 0.6) is 0 Å². The Kier molecular flexibility index (Phi) is 3.82. The van der Waals surface area contributed by atoms with Crippen LogP contribution in [0.3, 0.4) is 0 Å². The van der Waals surface area contributed by atoms with Gasteiger partial charge in [0.05, 0.1) is 0 Å². The van der Waals surface area contributed by atoms with Crippen molar-refractivity contribution in [2.24, 2.45) is 5.92 Å². The molecule has 1 saturated carbocycles. The Morgan fingerprint density at radius 3 is 2.75 bits per heavy atom. The lowest BCUT2D eigenvalue weighted by molar-refractivity contribution is 0.234. The third kappa shape index (κ3) is 2.38. The summed E-state index contributed by atoms with van der Waals surface area (Å²) in [5.74, 6) is 0.493. The molecule has 2 rings (SSSR count). The van der Waals surface area contributed by atoms with Crippen LogP contribution in [0.25, 0.3) is 0 Å². The molecule has 0 radical (unpaired) electrons. The van der Waals surface area contributed by atoms with Crippen LogP contribution in [0.1, 0.15) is 24.8 Å². The first-order chi connectivity index (χ1) is 7.72. The van der Waals surface area contributed by atoms with Gasteiger partial charge >= 0.3 is 0 Å². The molecular formula is C13H17ClFN. The van der Waals surface area contributed by atoms with Crippen LogP contribution in [-0.2, 0) is 6.42 Å². The zero-order valence-corrected chi connectivity index (χ0v) is 10.2. The first-order valence-electron chi connectivity index (χ1n) is 5.82. The van der Waals surface area contributed by atoms with Crippen LogP contribution in [-0.4, -0.2) is 13.1 Å². The van der Waals surface area contributed by atoms with Gasteiger partial charge in [0.2, 0.25) is 0 Å². The van der Waals surface area contributed by atoms with Crippen molar-refractivity contribution in [2.75, 3.05) is 7.05 Å². The van der Waals surface area contributed by atoms with Crippen molar-refractivity contribution in [3.63, 3.8) is 0 Å². The third-order valence-electron chi connectivity index (χ3n) is 3.58. The molecule has 1 aliphatic rings. The van der Waals surface area contributed by atoms with Crippen LogP contribution in [0.4, 0.5) is 4.39 Å². The maximum absolute atomic E-state index is 13.6. The summed E-state index contributed by atoms with van der Waals surface area (Å²) in [5.41, 5.74) is 0.649. The van der Waals surface area contributed by atoms with E-state index in [1.54, 1.807) is 12.1 Å². The molecule has 1 fully saturated rings. The van der Waals surface area contributed by atoms with E-state index in [1.807, 2.05) is 7.05 Å². The minimum absolute atomic E-state index is 0.188. The average molecular weight is 242 g/mol. The van der Waals surface area contributed by atoms with Gasteiger partial charge in [-0.15, -0.1) is 0 Å². The van der Waals surface area contributed by atoms with Crippen molar-refractivity contribution in [3.05, 3.63) is 34.6 Å². The summed E-state index contributed by atoms with van der Waals surface area (Å²) in [5, 5.41) is 3.82. The number of rotatable bonds is 4. The van der Waals surface area contributed by atoms with Crippen molar-refractivity contribution in [1.29, 1.82) is 0 Å². The Labute approximate surface area is 101 Å². The number of hydrogen-bond donors (Lipinski definition) is 1. The largest absolute Gasteiger partial charge is 0.316 e. The number of likely N-dealkylation sites (N-methyl/N-ethyl adjacent to an activating group) is 1. The second kappa shape index (κ2) is 5.15. The molecule has 1 N–H and O–H groups in total. The Bertz CT molecular complexity index is 343. The van der Waals surface area contributed by atoms with E-state index in [4.69, 9.17) is 11.6 Å². The van der Waals surface area contributed by atoms with Crippen molar-refractivity contribution >= 4 is 11.6 Å². The average Bonchev–Trinajstić information content (AvgIpc) is 2.19. The fourth-order valence-electron chi connectivity index (χ4n) is 2.29. The first kappa shape index (κ1) is 11.9. The minimum atomic E-state index is -0.188. The molecule has 16 heavy (non-hydrogen) atoms. The van der Waals surface area contributed by atoms with E-state index in [1.165, 1.54) is 25.3 Å². The number of halogens is 2. The molecule has 0 spiro atoms. The molecular weight excluding hydrogens is 225 g/mol. The first-order valence-corrected chi connectivity index (χ1v) is 6.20. The van der Waals surface area contributed by atoms with Crippen LogP contribution in [0.15, 0.2) is 18.2 Å². The van der Waals surface area contributed by atoms with Gasteiger partial charge in [-0.1, -0.05) is 24.1 Å². The summed E-state index contributed by atoms with van der Waals surface area (Å²) in [6.07, 6.45) is 4.48. The van der Waals surface area contributed by atoms with Crippen LogP contribution in [0, 0.1) is 11.7 Å². The van der Waals surface area contributed by atoms with Gasteiger partial charge in [-0.25, -0.2) is 4.39 Å². The topological polar surface area (TPSA) is 12.0 Å². The molecule has 0 aliphatic heterocycles. The highest BCUT2D eigenvalue weighted by Gasteiger charge is 2.27. The van der Waals surface area contributed by atoms with Gasteiger partial charge in [0.1, 0.15) is 5.82 Å². The van der Waals surface area contributed by atoms with E-state index in [-0.39, 0.29) is 5.82 Å². The monoisotopic (exact) mass is 241 g/mol. The predicted octanol–water partition coefficient (Wildman–Crippen LogP) is 3.41. The molecule has 0 saturated heterocycles. The van der Waals surface area contributed by atoms with Gasteiger partial charge < -0.3 is 5.32 Å². The Morgan fingerprint density at radius 1 is 1.50 bits per heavy atom. The lowest BCUT2D eigenvalue weighted by Crippen LogP contribution is -2.39. The summed E-state index contributed by atoms with van der Waals surface area (Å²) in [7, 11) is 1.94. The number of hydrogen-bond acceptors (Lipinski definition) is 1. The highest BCUT2D eigenvalue weighted by molar-refractivity contribution is 6.31. The van der Waals surface area contributed by atoms with Crippen LogP contribution >= 0.6 is 11.6 Å². The van der Waals surface area contributed by atoms with Crippen molar-refractivity contribution < 1.29 is 4.39 Å². The maximum Gasteiger partial charge on any atom is 0.127 e. The molecule has 1 aliphatic carbocycles. The van der Waals surface area contributed by atoms with E-state index in [0.717, 1.165) is 0 Å². The van der Waals surface area contributed by atoms with Crippen LogP contribution in [0.2, 0.25) is 5.02 Å². The molecule has 0 bridgehead atoms. The number of nitrogens with one attached hydrogen (secondary N) is 1. The molecule has 1 aromatic carbocycles. The summed E-state index contributed by atoms with van der Waals surface area (Å²) < 4.78 is 13.6. The van der Waals surface area contributed by atoms with E-state index in [9.17, 15) is 4.39 Å². The van der Waals surface area contributed by atoms with Crippen molar-refractivity contribution in [1.82, 2.24) is 5.32 Å². The van der Waals surface area contributed by atoms with E-state index >= 15 is 0 Å². The third-order valence-corrected chi connectivity index (χ3v) is 3.93. The van der Waals surface area contributed by atoms with Gasteiger partial charge in [0.15, 0.2) is 0 Å². The quantitative estimate of drug-likeness (QED) is 0.852. The SMILES string of the molecule is CNC(Cc1c(F)cccc1Cl)C1CCC1. The lowest BCUT2D eigenvalue weighted by Gasteiger charge is -2.34. The molecule has 0 heterocycles.